The molecule has 4 rings (SSSR count). The molecule has 3 heterocycles. The second-order valence-corrected chi connectivity index (χ2v) is 9.57. The molecular weight excluding hydrogens is 479 g/mol. The number of likely N-dealkylation sites (tertiary alicyclic amines) is 1. The summed E-state index contributed by atoms with van der Waals surface area (Å²) < 4.78 is 38.1. The van der Waals surface area contributed by atoms with Crippen LogP contribution in [0.4, 0.5) is 24.7 Å². The zero-order chi connectivity index (χ0) is 24.8. The molecule has 0 bridgehead atoms. The molecule has 1 amide bonds. The predicted octanol–water partition coefficient (Wildman–Crippen LogP) is 4.76. The van der Waals surface area contributed by atoms with Crippen LogP contribution in [0.2, 0.25) is 5.02 Å². The van der Waals surface area contributed by atoms with E-state index in [0.29, 0.717) is 25.3 Å². The molecule has 2 aliphatic heterocycles. The van der Waals surface area contributed by atoms with Crippen molar-refractivity contribution in [2.45, 2.75) is 37.9 Å². The normalized spacial score (nSPS) is 18.4. The van der Waals surface area contributed by atoms with Crippen LogP contribution in [0, 0.1) is 0 Å². The lowest BCUT2D eigenvalue weighted by atomic mass is 10.0. The molecular formula is C25H31ClF3N5O. The van der Waals surface area contributed by atoms with Gasteiger partial charge in [0.05, 0.1) is 5.56 Å². The van der Waals surface area contributed by atoms with Gasteiger partial charge < -0.3 is 20.0 Å². The van der Waals surface area contributed by atoms with Crippen LogP contribution in [0.3, 0.4) is 0 Å². The van der Waals surface area contributed by atoms with Gasteiger partial charge in [0.25, 0.3) is 0 Å². The first kappa shape index (κ1) is 25.6. The topological polar surface area (TPSA) is 51.7 Å². The number of aromatic nitrogens is 1. The molecule has 1 aromatic carbocycles. The molecule has 0 atom stereocenters. The number of piperidine rings is 1. The second kappa shape index (κ2) is 11.5. The number of alkyl halides is 3. The number of hydrogen-bond donors (Lipinski definition) is 1. The van der Waals surface area contributed by atoms with Crippen LogP contribution in [0.5, 0.6) is 0 Å². The highest BCUT2D eigenvalue weighted by Crippen LogP contribution is 2.29. The first-order valence-electron chi connectivity index (χ1n) is 12.1. The van der Waals surface area contributed by atoms with E-state index in [1.54, 1.807) is 0 Å². The highest BCUT2D eigenvalue weighted by Gasteiger charge is 2.31. The second-order valence-electron chi connectivity index (χ2n) is 9.14. The summed E-state index contributed by atoms with van der Waals surface area (Å²) >= 11 is 6.00. The number of hydrogen-bond acceptors (Lipinski definition) is 5. The van der Waals surface area contributed by atoms with Crippen LogP contribution in [-0.2, 0) is 11.0 Å². The fourth-order valence-electron chi connectivity index (χ4n) is 4.65. The molecule has 1 aromatic heterocycles. The number of carbonyl (C=O) groups is 1. The molecule has 0 spiro atoms. The fourth-order valence-corrected chi connectivity index (χ4v) is 4.77. The Morgan fingerprint density at radius 1 is 1.00 bits per heavy atom. The third-order valence-corrected chi connectivity index (χ3v) is 6.96. The third-order valence-electron chi connectivity index (χ3n) is 6.71. The van der Waals surface area contributed by atoms with Gasteiger partial charge in [0.1, 0.15) is 5.82 Å². The molecule has 35 heavy (non-hydrogen) atoms. The van der Waals surface area contributed by atoms with Gasteiger partial charge in [-0.3, -0.25) is 4.79 Å². The maximum absolute atomic E-state index is 12.8. The third kappa shape index (κ3) is 7.24. The molecule has 2 aromatic rings. The van der Waals surface area contributed by atoms with E-state index in [-0.39, 0.29) is 11.9 Å². The smallest absolute Gasteiger partial charge is 0.370 e. The van der Waals surface area contributed by atoms with Crippen LogP contribution < -0.4 is 10.2 Å². The van der Waals surface area contributed by atoms with Crippen LogP contribution in [-0.4, -0.2) is 72.5 Å². The highest BCUT2D eigenvalue weighted by molar-refractivity contribution is 6.30. The number of benzene rings is 1. The van der Waals surface area contributed by atoms with Gasteiger partial charge in [0.2, 0.25) is 5.91 Å². The van der Waals surface area contributed by atoms with E-state index in [2.05, 4.69) is 20.1 Å². The molecule has 2 aliphatic rings. The van der Waals surface area contributed by atoms with Crippen molar-refractivity contribution >= 4 is 29.0 Å². The van der Waals surface area contributed by atoms with Crippen molar-refractivity contribution in [3.05, 3.63) is 53.2 Å². The number of nitrogens with one attached hydrogen (secondary N) is 1. The Kier molecular flexibility index (Phi) is 8.38. The molecule has 0 radical (unpaired) electrons. The Labute approximate surface area is 209 Å². The zero-order valence-electron chi connectivity index (χ0n) is 19.6. The van der Waals surface area contributed by atoms with Gasteiger partial charge in [-0.2, -0.15) is 13.2 Å². The van der Waals surface area contributed by atoms with Gasteiger partial charge in [0.15, 0.2) is 0 Å². The summed E-state index contributed by atoms with van der Waals surface area (Å²) in [5.74, 6) is 0.589. The molecule has 1 N–H and O–H groups in total. The molecule has 0 unspecified atom stereocenters. The summed E-state index contributed by atoms with van der Waals surface area (Å²) in [5, 5.41) is 3.93. The van der Waals surface area contributed by atoms with Crippen molar-refractivity contribution in [3.63, 3.8) is 0 Å². The first-order valence-corrected chi connectivity index (χ1v) is 12.5. The monoisotopic (exact) mass is 509 g/mol. The quantitative estimate of drug-likeness (QED) is 0.608. The molecule has 0 saturated carbocycles. The van der Waals surface area contributed by atoms with Gasteiger partial charge in [-0.05, 0) is 62.2 Å². The number of amides is 1. The lowest BCUT2D eigenvalue weighted by molar-refractivity contribution is -0.137. The Hall–Kier alpha value is -2.52. The van der Waals surface area contributed by atoms with E-state index in [0.717, 1.165) is 69.3 Å². The van der Waals surface area contributed by atoms with Crippen molar-refractivity contribution in [1.82, 2.24) is 14.8 Å². The number of halogens is 4. The van der Waals surface area contributed by atoms with Crippen LogP contribution in [0.1, 0.15) is 31.2 Å². The van der Waals surface area contributed by atoms with E-state index in [4.69, 9.17) is 11.6 Å². The fraction of sp³-hybridized carbons (Fsp3) is 0.520. The van der Waals surface area contributed by atoms with E-state index in [9.17, 15) is 18.0 Å². The zero-order valence-corrected chi connectivity index (χ0v) is 20.4. The Bertz CT molecular complexity index is 963. The van der Waals surface area contributed by atoms with Crippen molar-refractivity contribution < 1.29 is 18.0 Å². The van der Waals surface area contributed by atoms with Gasteiger partial charge in [-0.1, -0.05) is 11.6 Å². The Balaban J connectivity index is 1.17. The maximum atomic E-state index is 12.8. The molecule has 190 valence electrons. The van der Waals surface area contributed by atoms with Crippen molar-refractivity contribution in [3.8, 4) is 0 Å². The molecule has 0 aliphatic carbocycles. The van der Waals surface area contributed by atoms with Crippen LogP contribution in [0.15, 0.2) is 42.6 Å². The van der Waals surface area contributed by atoms with E-state index < -0.39 is 11.7 Å². The Morgan fingerprint density at radius 2 is 1.74 bits per heavy atom. The van der Waals surface area contributed by atoms with E-state index in [1.165, 1.54) is 11.8 Å². The summed E-state index contributed by atoms with van der Waals surface area (Å²) in [6, 6.07) is 10.4. The average molecular weight is 510 g/mol. The lowest BCUT2D eigenvalue weighted by Gasteiger charge is -2.33. The molecule has 2 saturated heterocycles. The highest BCUT2D eigenvalue weighted by atomic mass is 35.5. The maximum Gasteiger partial charge on any atom is 0.417 e. The van der Waals surface area contributed by atoms with Crippen molar-refractivity contribution in [2.24, 2.45) is 0 Å². The number of nitrogens with zero attached hydrogens (tertiary/aromatic N) is 4. The van der Waals surface area contributed by atoms with Crippen LogP contribution in [0.25, 0.3) is 0 Å². The van der Waals surface area contributed by atoms with E-state index >= 15 is 0 Å². The largest absolute Gasteiger partial charge is 0.417 e. The van der Waals surface area contributed by atoms with Gasteiger partial charge in [-0.15, -0.1) is 0 Å². The number of pyridine rings is 1. The number of rotatable bonds is 6. The molecule has 2 fully saturated rings. The summed E-state index contributed by atoms with van der Waals surface area (Å²) in [5.41, 5.74) is 0.417. The first-order chi connectivity index (χ1) is 16.8. The van der Waals surface area contributed by atoms with Gasteiger partial charge in [0, 0.05) is 68.6 Å². The van der Waals surface area contributed by atoms with Gasteiger partial charge >= 0.3 is 6.18 Å². The standard InChI is InChI=1S/C25H31ClF3N5O/c26-20-3-5-22(6-4-20)33-12-1-11-32(16-17-33)13-10-24(35)34-14-8-21(9-15-34)31-23-7-2-19(18-30-23)25(27,28)29/h2-7,18,21H,1,8-17H2,(H,30,31). The average Bonchev–Trinajstić information content (AvgIpc) is 3.09. The minimum absolute atomic E-state index is 0.0905. The summed E-state index contributed by atoms with van der Waals surface area (Å²) in [6.07, 6.45) is -0.507. The Morgan fingerprint density at radius 3 is 2.40 bits per heavy atom. The molecule has 10 heteroatoms. The predicted molar refractivity (Wildman–Crippen MR) is 132 cm³/mol. The summed E-state index contributed by atoms with van der Waals surface area (Å²) in [4.78, 5) is 23.3. The van der Waals surface area contributed by atoms with Crippen molar-refractivity contribution in [2.75, 3.05) is 56.0 Å². The minimum atomic E-state index is -4.39. The van der Waals surface area contributed by atoms with E-state index in [1.807, 2.05) is 29.2 Å². The summed E-state index contributed by atoms with van der Waals surface area (Å²) in [6.45, 7) is 5.83. The minimum Gasteiger partial charge on any atom is -0.370 e. The van der Waals surface area contributed by atoms with Gasteiger partial charge in [-0.25, -0.2) is 4.98 Å². The van der Waals surface area contributed by atoms with Crippen molar-refractivity contribution in [1.29, 1.82) is 0 Å². The number of carbonyl (C=O) groups excluding carboxylic acids is 1. The number of anilines is 2. The lowest BCUT2D eigenvalue weighted by Crippen LogP contribution is -2.43. The SMILES string of the molecule is O=C(CCN1CCCN(c2ccc(Cl)cc2)CC1)N1CCC(Nc2ccc(C(F)(F)F)cn2)CC1. The van der Waals surface area contributed by atoms with Crippen LogP contribution >= 0.6 is 11.6 Å². The molecule has 6 nitrogen and oxygen atoms in total. The summed E-state index contributed by atoms with van der Waals surface area (Å²) in [7, 11) is 0.